The first kappa shape index (κ1) is 20.4. The molecule has 3 nitrogen and oxygen atoms in total. The molecule has 0 saturated carbocycles. The molecule has 148 valence electrons. The van der Waals surface area contributed by atoms with Gasteiger partial charge in [-0.2, -0.15) is 0 Å². The highest BCUT2D eigenvalue weighted by Gasteiger charge is 2.16. The van der Waals surface area contributed by atoms with Crippen LogP contribution in [-0.4, -0.2) is 21.9 Å². The van der Waals surface area contributed by atoms with Gasteiger partial charge in [-0.05, 0) is 42.5 Å². The summed E-state index contributed by atoms with van der Waals surface area (Å²) in [4.78, 5) is 16.1. The zero-order valence-corrected chi connectivity index (χ0v) is 17.8. The summed E-state index contributed by atoms with van der Waals surface area (Å²) in [5, 5.41) is 2.04. The molecule has 0 radical (unpaired) electrons. The molecular formula is C24H30N2OS. The molecule has 0 aliphatic rings. The minimum absolute atomic E-state index is 0.224. The van der Waals surface area contributed by atoms with E-state index < -0.39 is 0 Å². The van der Waals surface area contributed by atoms with Crippen LogP contribution in [-0.2, 0) is 24.3 Å². The summed E-state index contributed by atoms with van der Waals surface area (Å²) in [6, 6.07) is 16.9. The monoisotopic (exact) mass is 394 g/mol. The van der Waals surface area contributed by atoms with Gasteiger partial charge >= 0.3 is 0 Å². The van der Waals surface area contributed by atoms with Crippen LogP contribution in [0.15, 0.2) is 60.1 Å². The van der Waals surface area contributed by atoms with Crippen LogP contribution >= 0.6 is 11.3 Å². The van der Waals surface area contributed by atoms with Gasteiger partial charge in [-0.3, -0.25) is 4.79 Å². The van der Waals surface area contributed by atoms with E-state index in [2.05, 4.69) is 61.0 Å². The molecule has 0 saturated heterocycles. The Morgan fingerprint density at radius 1 is 1.11 bits per heavy atom. The van der Waals surface area contributed by atoms with Crippen LogP contribution in [0.1, 0.15) is 47.9 Å². The Bertz CT molecular complexity index is 866. The summed E-state index contributed by atoms with van der Waals surface area (Å²) in [5.41, 5.74) is 3.76. The molecule has 0 fully saturated rings. The Labute approximate surface area is 172 Å². The Balaban J connectivity index is 1.71. The molecule has 28 heavy (non-hydrogen) atoms. The fourth-order valence-corrected chi connectivity index (χ4v) is 4.16. The van der Waals surface area contributed by atoms with Gasteiger partial charge in [-0.25, -0.2) is 0 Å². The van der Waals surface area contributed by atoms with Gasteiger partial charge in [-0.1, -0.05) is 55.7 Å². The molecule has 4 heteroatoms. The van der Waals surface area contributed by atoms with Gasteiger partial charge in [0.1, 0.15) is 0 Å². The molecule has 0 spiro atoms. The maximum atomic E-state index is 13.0. The Kier molecular flexibility index (Phi) is 7.49. The number of thiophene rings is 1. The average Bonchev–Trinajstić information content (AvgIpc) is 3.33. The molecule has 2 aromatic heterocycles. The van der Waals surface area contributed by atoms with Gasteiger partial charge in [0, 0.05) is 29.9 Å². The number of amides is 1. The van der Waals surface area contributed by atoms with Crippen molar-refractivity contribution >= 4 is 17.2 Å². The van der Waals surface area contributed by atoms with E-state index >= 15 is 0 Å². The first-order valence-electron chi connectivity index (χ1n) is 10.2. The number of benzene rings is 1. The predicted octanol–water partition coefficient (Wildman–Crippen LogP) is 5.67. The largest absolute Gasteiger partial charge is 0.345 e. The zero-order valence-electron chi connectivity index (χ0n) is 16.9. The number of nitrogens with zero attached hydrogens (tertiary/aromatic N) is 2. The van der Waals surface area contributed by atoms with Gasteiger partial charge < -0.3 is 9.47 Å². The average molecular weight is 395 g/mol. The van der Waals surface area contributed by atoms with Gasteiger partial charge in [0.25, 0.3) is 0 Å². The molecule has 0 aliphatic carbocycles. The third kappa shape index (κ3) is 5.83. The lowest BCUT2D eigenvalue weighted by molar-refractivity contribution is -0.131. The van der Waals surface area contributed by atoms with Crippen molar-refractivity contribution in [3.8, 4) is 0 Å². The zero-order chi connectivity index (χ0) is 19.8. The first-order valence-corrected chi connectivity index (χ1v) is 11.0. The second-order valence-electron chi connectivity index (χ2n) is 7.40. The van der Waals surface area contributed by atoms with Crippen molar-refractivity contribution in [2.24, 2.45) is 0 Å². The van der Waals surface area contributed by atoms with Crippen molar-refractivity contribution in [2.45, 2.75) is 52.6 Å². The lowest BCUT2D eigenvalue weighted by Gasteiger charge is -2.24. The lowest BCUT2D eigenvalue weighted by atomic mass is 10.1. The minimum Gasteiger partial charge on any atom is -0.345 e. The number of aryl methyl sites for hydroxylation is 1. The van der Waals surface area contributed by atoms with E-state index in [9.17, 15) is 4.79 Å². The summed E-state index contributed by atoms with van der Waals surface area (Å²) in [6.45, 7) is 6.66. The summed E-state index contributed by atoms with van der Waals surface area (Å²) in [7, 11) is 0. The molecule has 1 aromatic carbocycles. The lowest BCUT2D eigenvalue weighted by Crippen LogP contribution is -2.33. The van der Waals surface area contributed by atoms with Crippen LogP contribution in [0.2, 0.25) is 0 Å². The Morgan fingerprint density at radius 2 is 2.00 bits per heavy atom. The number of carbonyl (C=O) groups is 1. The highest BCUT2D eigenvalue weighted by molar-refractivity contribution is 7.10. The quantitative estimate of drug-likeness (QED) is 0.407. The van der Waals surface area contributed by atoms with Gasteiger partial charge in [0.05, 0.1) is 13.0 Å². The van der Waals surface area contributed by atoms with Gasteiger partial charge in [0.2, 0.25) is 5.91 Å². The van der Waals surface area contributed by atoms with E-state index in [-0.39, 0.29) is 5.91 Å². The number of rotatable bonds is 10. The Morgan fingerprint density at radius 3 is 2.75 bits per heavy atom. The van der Waals surface area contributed by atoms with Crippen molar-refractivity contribution < 1.29 is 4.79 Å². The maximum absolute atomic E-state index is 13.0. The van der Waals surface area contributed by atoms with E-state index in [4.69, 9.17) is 0 Å². The number of unbranched alkanes of at least 4 members (excludes halogenated alkanes) is 2. The maximum Gasteiger partial charge on any atom is 0.228 e. The van der Waals surface area contributed by atoms with Crippen LogP contribution in [0.4, 0.5) is 0 Å². The van der Waals surface area contributed by atoms with Crippen molar-refractivity contribution in [3.63, 3.8) is 0 Å². The van der Waals surface area contributed by atoms with Crippen molar-refractivity contribution in [1.82, 2.24) is 9.47 Å². The van der Waals surface area contributed by atoms with Crippen molar-refractivity contribution in [2.75, 3.05) is 6.54 Å². The van der Waals surface area contributed by atoms with Crippen LogP contribution in [0, 0.1) is 6.92 Å². The van der Waals surface area contributed by atoms with E-state index in [1.54, 1.807) is 11.3 Å². The van der Waals surface area contributed by atoms with E-state index in [0.29, 0.717) is 13.0 Å². The summed E-state index contributed by atoms with van der Waals surface area (Å²) in [5.74, 6) is 0.224. The summed E-state index contributed by atoms with van der Waals surface area (Å²) in [6.07, 6.45) is 6.00. The van der Waals surface area contributed by atoms with Crippen molar-refractivity contribution in [1.29, 1.82) is 0 Å². The number of hydrogen-bond acceptors (Lipinski definition) is 2. The second kappa shape index (κ2) is 10.3. The molecule has 2 heterocycles. The minimum atomic E-state index is 0.224. The molecule has 1 amide bonds. The standard InChI is InChI=1S/C24H30N2OS/c1-3-4-5-13-26(24(27)17-23-12-8-15-28-23)19-22-11-7-14-25(22)18-21-10-6-9-20(2)16-21/h6-12,14-16H,3-5,13,17-19H2,1-2H3. The van der Waals surface area contributed by atoms with Crippen LogP contribution in [0.25, 0.3) is 0 Å². The second-order valence-corrected chi connectivity index (χ2v) is 8.43. The summed E-state index contributed by atoms with van der Waals surface area (Å²) < 4.78 is 2.26. The topological polar surface area (TPSA) is 25.2 Å². The van der Waals surface area contributed by atoms with E-state index in [1.807, 2.05) is 22.4 Å². The van der Waals surface area contributed by atoms with Crippen molar-refractivity contribution in [3.05, 3.63) is 81.8 Å². The fraction of sp³-hybridized carbons (Fsp3) is 0.375. The van der Waals surface area contributed by atoms with Gasteiger partial charge in [-0.15, -0.1) is 11.3 Å². The molecule has 0 aliphatic heterocycles. The van der Waals surface area contributed by atoms with Gasteiger partial charge in [0.15, 0.2) is 0 Å². The molecule has 3 aromatic rings. The molecule has 0 N–H and O–H groups in total. The van der Waals surface area contributed by atoms with Crippen LogP contribution in [0.3, 0.4) is 0 Å². The molecule has 0 atom stereocenters. The molecule has 0 bridgehead atoms. The van der Waals surface area contributed by atoms with E-state index in [1.165, 1.54) is 16.8 Å². The smallest absolute Gasteiger partial charge is 0.228 e. The van der Waals surface area contributed by atoms with Crippen LogP contribution < -0.4 is 0 Å². The molecular weight excluding hydrogens is 364 g/mol. The van der Waals surface area contributed by atoms with E-state index in [0.717, 1.165) is 37.2 Å². The Hall–Kier alpha value is -2.33. The third-order valence-corrected chi connectivity index (χ3v) is 5.88. The predicted molar refractivity (Wildman–Crippen MR) is 118 cm³/mol. The highest BCUT2D eigenvalue weighted by Crippen LogP contribution is 2.16. The third-order valence-electron chi connectivity index (χ3n) is 5.00. The van der Waals surface area contributed by atoms with Crippen LogP contribution in [0.5, 0.6) is 0 Å². The normalized spacial score (nSPS) is 10.9. The highest BCUT2D eigenvalue weighted by atomic mass is 32.1. The fourth-order valence-electron chi connectivity index (χ4n) is 3.47. The number of aromatic nitrogens is 1. The molecule has 3 rings (SSSR count). The number of hydrogen-bond donors (Lipinski definition) is 0. The summed E-state index contributed by atoms with van der Waals surface area (Å²) >= 11 is 1.66. The first-order chi connectivity index (χ1) is 13.7. The number of carbonyl (C=O) groups excluding carboxylic acids is 1. The SMILES string of the molecule is CCCCCN(Cc1cccn1Cc1cccc(C)c1)C(=O)Cc1cccs1. The molecule has 0 unspecified atom stereocenters.